The van der Waals surface area contributed by atoms with Crippen molar-refractivity contribution in [3.05, 3.63) is 34.9 Å². The second kappa shape index (κ2) is 6.65. The highest BCUT2D eigenvalue weighted by Crippen LogP contribution is 2.09. The summed E-state index contributed by atoms with van der Waals surface area (Å²) in [5.41, 5.74) is 0.980. The molecule has 0 aliphatic rings. The van der Waals surface area contributed by atoms with Crippen LogP contribution in [-0.4, -0.2) is 17.6 Å². The van der Waals surface area contributed by atoms with Crippen molar-refractivity contribution in [1.29, 1.82) is 0 Å². The molecule has 1 aromatic carbocycles. The van der Waals surface area contributed by atoms with Crippen molar-refractivity contribution in [3.8, 4) is 0 Å². The van der Waals surface area contributed by atoms with Crippen LogP contribution in [0.25, 0.3) is 0 Å². The van der Waals surface area contributed by atoms with Crippen molar-refractivity contribution in [2.45, 2.75) is 6.54 Å². The number of carboxylic acids is 1. The summed E-state index contributed by atoms with van der Waals surface area (Å²) >= 11 is 5.74. The van der Waals surface area contributed by atoms with Crippen LogP contribution in [0, 0.1) is 0 Å². The topological polar surface area (TPSA) is 49.3 Å². The molecule has 0 aromatic heterocycles. The summed E-state index contributed by atoms with van der Waals surface area (Å²) in [5.74, 6) is -0.859. The molecule has 0 atom stereocenters. The number of halogens is 2. The van der Waals surface area contributed by atoms with Crippen LogP contribution in [0.2, 0.25) is 5.02 Å². The highest BCUT2D eigenvalue weighted by molar-refractivity contribution is 6.30. The van der Waals surface area contributed by atoms with Gasteiger partial charge < -0.3 is 10.4 Å². The fraction of sp³-hybridized carbons (Fsp3) is 0.222. The minimum Gasteiger partial charge on any atom is -0.480 e. The standard InChI is InChI=1S/C9H10ClNO2.ClH/c10-8-3-1-2-7(4-8)5-11-6-9(12)13;/h1-4,11H,5-6H2,(H,12,13);1H. The van der Waals surface area contributed by atoms with E-state index in [0.717, 1.165) is 5.56 Å². The molecule has 0 unspecified atom stereocenters. The van der Waals surface area contributed by atoms with Gasteiger partial charge in [-0.2, -0.15) is 0 Å². The Morgan fingerprint density at radius 3 is 2.79 bits per heavy atom. The second-order valence-electron chi connectivity index (χ2n) is 2.63. The van der Waals surface area contributed by atoms with E-state index >= 15 is 0 Å². The first kappa shape index (κ1) is 13.2. The average Bonchev–Trinajstić information content (AvgIpc) is 2.03. The van der Waals surface area contributed by atoms with Gasteiger partial charge in [-0.3, -0.25) is 4.79 Å². The maximum Gasteiger partial charge on any atom is 0.317 e. The van der Waals surface area contributed by atoms with Gasteiger partial charge in [-0.05, 0) is 17.7 Å². The first-order chi connectivity index (χ1) is 6.18. The number of carbonyl (C=O) groups is 1. The molecule has 3 nitrogen and oxygen atoms in total. The summed E-state index contributed by atoms with van der Waals surface area (Å²) in [6, 6.07) is 7.31. The molecule has 14 heavy (non-hydrogen) atoms. The van der Waals surface area contributed by atoms with Crippen molar-refractivity contribution >= 4 is 30.0 Å². The molecule has 5 heteroatoms. The van der Waals surface area contributed by atoms with Crippen LogP contribution in [-0.2, 0) is 11.3 Å². The Balaban J connectivity index is 0.00000169. The Kier molecular flexibility index (Phi) is 6.28. The predicted octanol–water partition coefficient (Wildman–Crippen LogP) is 1.94. The van der Waals surface area contributed by atoms with E-state index < -0.39 is 5.97 Å². The van der Waals surface area contributed by atoms with Crippen LogP contribution < -0.4 is 5.32 Å². The molecule has 1 rings (SSSR count). The zero-order valence-electron chi connectivity index (χ0n) is 7.37. The predicted molar refractivity (Wildman–Crippen MR) is 58.0 cm³/mol. The molecule has 78 valence electrons. The normalized spacial score (nSPS) is 9.21. The van der Waals surface area contributed by atoms with E-state index in [2.05, 4.69) is 5.32 Å². The monoisotopic (exact) mass is 235 g/mol. The molecule has 0 fully saturated rings. The zero-order chi connectivity index (χ0) is 9.68. The summed E-state index contributed by atoms with van der Waals surface area (Å²) in [6.45, 7) is 0.485. The fourth-order valence-electron chi connectivity index (χ4n) is 0.961. The minimum absolute atomic E-state index is 0. The molecule has 0 aliphatic carbocycles. The quantitative estimate of drug-likeness (QED) is 0.839. The lowest BCUT2D eigenvalue weighted by atomic mass is 10.2. The van der Waals surface area contributed by atoms with Gasteiger partial charge in [0.25, 0.3) is 0 Å². The van der Waals surface area contributed by atoms with Gasteiger partial charge in [0.15, 0.2) is 0 Å². The summed E-state index contributed by atoms with van der Waals surface area (Å²) in [4.78, 5) is 10.2. The minimum atomic E-state index is -0.859. The molecule has 0 amide bonds. The van der Waals surface area contributed by atoms with Gasteiger partial charge in [0.05, 0.1) is 6.54 Å². The van der Waals surface area contributed by atoms with Crippen LogP contribution in [0.3, 0.4) is 0 Å². The van der Waals surface area contributed by atoms with Crippen molar-refractivity contribution in [1.82, 2.24) is 5.32 Å². The number of carboxylic acid groups (broad SMARTS) is 1. The fourth-order valence-corrected chi connectivity index (χ4v) is 1.17. The lowest BCUT2D eigenvalue weighted by molar-refractivity contribution is -0.135. The molecule has 0 saturated carbocycles. The smallest absolute Gasteiger partial charge is 0.317 e. The Labute approximate surface area is 93.5 Å². The van der Waals surface area contributed by atoms with Crippen molar-refractivity contribution in [2.75, 3.05) is 6.54 Å². The van der Waals surface area contributed by atoms with Gasteiger partial charge in [0.1, 0.15) is 0 Å². The zero-order valence-corrected chi connectivity index (χ0v) is 8.94. The van der Waals surface area contributed by atoms with E-state index in [1.807, 2.05) is 12.1 Å². The van der Waals surface area contributed by atoms with Gasteiger partial charge in [-0.1, -0.05) is 23.7 Å². The maximum atomic E-state index is 10.2. The van der Waals surface area contributed by atoms with Crippen molar-refractivity contribution < 1.29 is 9.90 Å². The van der Waals surface area contributed by atoms with Crippen LogP contribution in [0.5, 0.6) is 0 Å². The Morgan fingerprint density at radius 2 is 2.21 bits per heavy atom. The number of rotatable bonds is 4. The summed E-state index contributed by atoms with van der Waals surface area (Å²) < 4.78 is 0. The molecule has 0 spiro atoms. The van der Waals surface area contributed by atoms with Gasteiger partial charge in [0.2, 0.25) is 0 Å². The summed E-state index contributed by atoms with van der Waals surface area (Å²) in [7, 11) is 0. The summed E-state index contributed by atoms with van der Waals surface area (Å²) in [6.07, 6.45) is 0. The Hall–Kier alpha value is -0.770. The molecule has 1 aromatic rings. The Morgan fingerprint density at radius 1 is 1.50 bits per heavy atom. The average molecular weight is 236 g/mol. The maximum absolute atomic E-state index is 10.2. The van der Waals surface area contributed by atoms with Gasteiger partial charge in [-0.15, -0.1) is 12.4 Å². The number of hydrogen-bond acceptors (Lipinski definition) is 2. The highest BCUT2D eigenvalue weighted by atomic mass is 35.5. The van der Waals surface area contributed by atoms with E-state index in [1.54, 1.807) is 12.1 Å². The molecular formula is C9H11Cl2NO2. The first-order valence-corrected chi connectivity index (χ1v) is 4.23. The van der Waals surface area contributed by atoms with Gasteiger partial charge in [0, 0.05) is 11.6 Å². The third-order valence-electron chi connectivity index (χ3n) is 1.49. The molecule has 0 heterocycles. The molecule has 2 N–H and O–H groups in total. The molecule has 0 bridgehead atoms. The van der Waals surface area contributed by atoms with E-state index in [9.17, 15) is 4.79 Å². The van der Waals surface area contributed by atoms with Gasteiger partial charge >= 0.3 is 5.97 Å². The Bertz CT molecular complexity index is 305. The number of benzene rings is 1. The van der Waals surface area contributed by atoms with Gasteiger partial charge in [-0.25, -0.2) is 0 Å². The largest absolute Gasteiger partial charge is 0.480 e. The first-order valence-electron chi connectivity index (χ1n) is 3.85. The highest BCUT2D eigenvalue weighted by Gasteiger charge is 1.96. The molecule has 0 radical (unpaired) electrons. The van der Waals surface area contributed by atoms with E-state index in [0.29, 0.717) is 11.6 Å². The number of nitrogens with one attached hydrogen (secondary N) is 1. The molecule has 0 saturated heterocycles. The lowest BCUT2D eigenvalue weighted by Crippen LogP contribution is -2.21. The van der Waals surface area contributed by atoms with Crippen LogP contribution in [0.4, 0.5) is 0 Å². The lowest BCUT2D eigenvalue weighted by Gasteiger charge is -2.01. The summed E-state index contributed by atoms with van der Waals surface area (Å²) in [5, 5.41) is 11.8. The number of hydrogen-bond donors (Lipinski definition) is 2. The van der Waals surface area contributed by atoms with E-state index in [-0.39, 0.29) is 19.0 Å². The van der Waals surface area contributed by atoms with Crippen molar-refractivity contribution in [3.63, 3.8) is 0 Å². The van der Waals surface area contributed by atoms with Crippen LogP contribution in [0.15, 0.2) is 24.3 Å². The van der Waals surface area contributed by atoms with Crippen molar-refractivity contribution in [2.24, 2.45) is 0 Å². The van der Waals surface area contributed by atoms with E-state index in [4.69, 9.17) is 16.7 Å². The van der Waals surface area contributed by atoms with Crippen LogP contribution >= 0.6 is 24.0 Å². The van der Waals surface area contributed by atoms with Crippen LogP contribution in [0.1, 0.15) is 5.56 Å². The second-order valence-corrected chi connectivity index (χ2v) is 3.06. The third-order valence-corrected chi connectivity index (χ3v) is 1.73. The molecule has 0 aliphatic heterocycles. The SMILES string of the molecule is Cl.O=C(O)CNCc1cccc(Cl)c1. The third kappa shape index (κ3) is 5.07. The molecular weight excluding hydrogens is 225 g/mol. The van der Waals surface area contributed by atoms with E-state index in [1.165, 1.54) is 0 Å². The number of aliphatic carboxylic acids is 1.